The number of aromatic amines is 1. The summed E-state index contributed by atoms with van der Waals surface area (Å²) in [4.78, 5) is 28.8. The highest BCUT2D eigenvalue weighted by atomic mass is 16.6. The molecule has 30 heavy (non-hydrogen) atoms. The van der Waals surface area contributed by atoms with Gasteiger partial charge in [-0.05, 0) is 36.6 Å². The molecule has 0 saturated heterocycles. The number of nitrogens with one attached hydrogen (secondary N) is 3. The first-order valence-electron chi connectivity index (χ1n) is 10.6. The lowest BCUT2D eigenvalue weighted by atomic mass is 9.95. The Labute approximate surface area is 176 Å². The number of amides is 2. The number of carbonyl (C=O) groups is 2. The second kappa shape index (κ2) is 9.48. The fourth-order valence-electron chi connectivity index (χ4n) is 4.05. The lowest BCUT2D eigenvalue weighted by molar-refractivity contribution is -0.123. The van der Waals surface area contributed by atoms with Crippen LogP contribution in [0.2, 0.25) is 0 Å². The van der Waals surface area contributed by atoms with Gasteiger partial charge in [0.15, 0.2) is 0 Å². The number of carbonyl (C=O) groups excluding carboxylic acids is 2. The Morgan fingerprint density at radius 1 is 1.00 bits per heavy atom. The Morgan fingerprint density at radius 3 is 2.53 bits per heavy atom. The first-order chi connectivity index (χ1) is 14.7. The van der Waals surface area contributed by atoms with Gasteiger partial charge in [-0.15, -0.1) is 0 Å². The molecule has 1 atom stereocenters. The van der Waals surface area contributed by atoms with Crippen LogP contribution in [-0.2, 0) is 11.2 Å². The highest BCUT2D eigenvalue weighted by molar-refractivity contribution is 5.88. The van der Waals surface area contributed by atoms with E-state index in [0.29, 0.717) is 12.2 Å². The number of fused-ring (bicyclic) bond motifs is 1. The maximum atomic E-state index is 13.1. The molecule has 0 radical (unpaired) electrons. The molecule has 0 spiro atoms. The van der Waals surface area contributed by atoms with E-state index in [1.807, 2.05) is 36.5 Å². The molecule has 6 nitrogen and oxygen atoms in total. The minimum absolute atomic E-state index is 0.169. The molecular formula is C24H27N3O3. The molecule has 1 fully saturated rings. The Hall–Kier alpha value is -3.28. The summed E-state index contributed by atoms with van der Waals surface area (Å²) in [6.45, 7) is 0. The summed E-state index contributed by atoms with van der Waals surface area (Å²) in [5.74, 6) is 0.269. The lowest BCUT2D eigenvalue weighted by Gasteiger charge is -2.26. The third-order valence-corrected chi connectivity index (χ3v) is 5.61. The number of para-hydroxylation sites is 2. The van der Waals surface area contributed by atoms with Crippen LogP contribution in [0.3, 0.4) is 0 Å². The second-order valence-corrected chi connectivity index (χ2v) is 7.81. The normalized spacial score (nSPS) is 15.5. The summed E-state index contributed by atoms with van der Waals surface area (Å²) in [5, 5.41) is 6.95. The molecule has 156 valence electrons. The molecule has 1 aliphatic rings. The van der Waals surface area contributed by atoms with Crippen molar-refractivity contribution in [3.8, 4) is 5.75 Å². The van der Waals surface area contributed by atoms with E-state index < -0.39 is 12.1 Å². The zero-order valence-electron chi connectivity index (χ0n) is 16.9. The van der Waals surface area contributed by atoms with E-state index in [0.717, 1.165) is 42.1 Å². The molecular weight excluding hydrogens is 378 g/mol. The van der Waals surface area contributed by atoms with Crippen molar-refractivity contribution in [2.45, 2.75) is 50.6 Å². The number of rotatable bonds is 6. The summed E-state index contributed by atoms with van der Waals surface area (Å²) in [7, 11) is 0. The fraction of sp³-hybridized carbons (Fsp3) is 0.333. The van der Waals surface area contributed by atoms with Crippen LogP contribution in [0.5, 0.6) is 5.75 Å². The largest absolute Gasteiger partial charge is 0.413 e. The SMILES string of the molecule is O=C(N[C@H](Cc1c[nH]c2ccccc12)C(=O)NC1CCCCC1)Oc1ccccc1. The average Bonchev–Trinajstić information content (AvgIpc) is 3.17. The maximum absolute atomic E-state index is 13.1. The molecule has 2 aromatic carbocycles. The van der Waals surface area contributed by atoms with Crippen molar-refractivity contribution in [1.82, 2.24) is 15.6 Å². The zero-order chi connectivity index (χ0) is 20.8. The average molecular weight is 405 g/mol. The molecule has 1 saturated carbocycles. The first kappa shape index (κ1) is 20.0. The van der Waals surface area contributed by atoms with E-state index in [1.165, 1.54) is 6.42 Å². The number of H-pyrrole nitrogens is 1. The van der Waals surface area contributed by atoms with Gasteiger partial charge < -0.3 is 20.4 Å². The molecule has 4 rings (SSSR count). The van der Waals surface area contributed by atoms with Gasteiger partial charge in [0.25, 0.3) is 0 Å². The number of hydrogen-bond donors (Lipinski definition) is 3. The Balaban J connectivity index is 1.49. The van der Waals surface area contributed by atoms with Gasteiger partial charge in [0.1, 0.15) is 11.8 Å². The second-order valence-electron chi connectivity index (χ2n) is 7.81. The number of aromatic nitrogens is 1. The van der Waals surface area contributed by atoms with Gasteiger partial charge in [-0.3, -0.25) is 4.79 Å². The van der Waals surface area contributed by atoms with Gasteiger partial charge in [-0.1, -0.05) is 55.7 Å². The van der Waals surface area contributed by atoms with Crippen molar-refractivity contribution in [2.24, 2.45) is 0 Å². The Morgan fingerprint density at radius 2 is 1.73 bits per heavy atom. The van der Waals surface area contributed by atoms with E-state index in [1.54, 1.807) is 24.3 Å². The van der Waals surface area contributed by atoms with Crippen LogP contribution in [0.1, 0.15) is 37.7 Å². The van der Waals surface area contributed by atoms with Crippen LogP contribution in [0, 0.1) is 0 Å². The third kappa shape index (κ3) is 5.00. The van der Waals surface area contributed by atoms with Crippen LogP contribution in [0.25, 0.3) is 10.9 Å². The quantitative estimate of drug-likeness (QED) is 0.571. The van der Waals surface area contributed by atoms with E-state index in [2.05, 4.69) is 15.6 Å². The highest BCUT2D eigenvalue weighted by Crippen LogP contribution is 2.21. The molecule has 3 N–H and O–H groups in total. The van der Waals surface area contributed by atoms with Crippen LogP contribution >= 0.6 is 0 Å². The smallest absolute Gasteiger partial charge is 0.410 e. The molecule has 1 aromatic heterocycles. The van der Waals surface area contributed by atoms with Crippen molar-refractivity contribution in [2.75, 3.05) is 0 Å². The van der Waals surface area contributed by atoms with E-state index in [-0.39, 0.29) is 11.9 Å². The van der Waals surface area contributed by atoms with Gasteiger partial charge in [0.2, 0.25) is 5.91 Å². The van der Waals surface area contributed by atoms with Gasteiger partial charge in [-0.25, -0.2) is 4.79 Å². The molecule has 1 aliphatic carbocycles. The van der Waals surface area contributed by atoms with Crippen molar-refractivity contribution in [3.63, 3.8) is 0 Å². The molecule has 6 heteroatoms. The third-order valence-electron chi connectivity index (χ3n) is 5.61. The summed E-state index contributed by atoms with van der Waals surface area (Å²) in [5.41, 5.74) is 1.99. The number of benzene rings is 2. The predicted molar refractivity (Wildman–Crippen MR) is 116 cm³/mol. The van der Waals surface area contributed by atoms with Crippen molar-refractivity contribution < 1.29 is 14.3 Å². The van der Waals surface area contributed by atoms with Gasteiger partial charge >= 0.3 is 6.09 Å². The topological polar surface area (TPSA) is 83.2 Å². The first-order valence-corrected chi connectivity index (χ1v) is 10.6. The Bertz CT molecular complexity index is 993. The Kier molecular flexibility index (Phi) is 6.32. The minimum Gasteiger partial charge on any atom is -0.410 e. The fourth-order valence-corrected chi connectivity index (χ4v) is 4.05. The summed E-state index contributed by atoms with van der Waals surface area (Å²) in [6, 6.07) is 16.2. The van der Waals surface area contributed by atoms with Gasteiger partial charge in [0, 0.05) is 29.6 Å². The standard InChI is InChI=1S/C24H27N3O3/c28-23(26-18-9-3-1-4-10-18)22(27-24(29)30-19-11-5-2-6-12-19)15-17-16-25-21-14-8-7-13-20(17)21/h2,5-8,11-14,16,18,22,25H,1,3-4,9-10,15H2,(H,26,28)(H,27,29)/t22-/m1/s1. The minimum atomic E-state index is -0.720. The predicted octanol–water partition coefficient (Wildman–Crippen LogP) is 4.32. The van der Waals surface area contributed by atoms with Gasteiger partial charge in [0.05, 0.1) is 0 Å². The summed E-state index contributed by atoms with van der Waals surface area (Å²) < 4.78 is 5.35. The lowest BCUT2D eigenvalue weighted by Crippen LogP contribution is -2.51. The summed E-state index contributed by atoms with van der Waals surface area (Å²) >= 11 is 0. The number of ether oxygens (including phenoxy) is 1. The molecule has 0 aliphatic heterocycles. The van der Waals surface area contributed by atoms with Crippen molar-refractivity contribution in [3.05, 3.63) is 66.4 Å². The highest BCUT2D eigenvalue weighted by Gasteiger charge is 2.26. The maximum Gasteiger partial charge on any atom is 0.413 e. The van der Waals surface area contributed by atoms with E-state index >= 15 is 0 Å². The molecule has 1 heterocycles. The van der Waals surface area contributed by atoms with Crippen LogP contribution in [-0.4, -0.2) is 29.1 Å². The monoisotopic (exact) mass is 405 g/mol. The van der Waals surface area contributed by atoms with Crippen LogP contribution in [0.15, 0.2) is 60.8 Å². The molecule has 2 amide bonds. The van der Waals surface area contributed by atoms with Crippen LogP contribution < -0.4 is 15.4 Å². The molecule has 0 unspecified atom stereocenters. The van der Waals surface area contributed by atoms with Gasteiger partial charge in [-0.2, -0.15) is 0 Å². The molecule has 0 bridgehead atoms. The van der Waals surface area contributed by atoms with E-state index in [9.17, 15) is 9.59 Å². The van der Waals surface area contributed by atoms with Crippen molar-refractivity contribution in [1.29, 1.82) is 0 Å². The van der Waals surface area contributed by atoms with Crippen molar-refractivity contribution >= 4 is 22.9 Å². The molecule has 3 aromatic rings. The van der Waals surface area contributed by atoms with E-state index in [4.69, 9.17) is 4.74 Å². The van der Waals surface area contributed by atoms with Crippen LogP contribution in [0.4, 0.5) is 4.79 Å². The summed E-state index contributed by atoms with van der Waals surface area (Å²) in [6.07, 6.45) is 7.09. The zero-order valence-corrected chi connectivity index (χ0v) is 16.9. The number of hydrogen-bond acceptors (Lipinski definition) is 3.